The molecule has 6 heteroatoms. The molecule has 1 unspecified atom stereocenters. The Morgan fingerprint density at radius 1 is 1.38 bits per heavy atom. The average Bonchev–Trinajstić information content (AvgIpc) is 2.89. The number of urea groups is 1. The summed E-state index contributed by atoms with van der Waals surface area (Å²) in [7, 11) is 0. The smallest absolute Gasteiger partial charge is 0.320 e. The lowest BCUT2D eigenvalue weighted by Crippen LogP contribution is -2.46. The molecular formula is C15H28N2O4. The van der Waals surface area contributed by atoms with E-state index in [4.69, 9.17) is 4.74 Å². The maximum Gasteiger partial charge on any atom is 0.320 e. The van der Waals surface area contributed by atoms with E-state index in [9.17, 15) is 14.7 Å². The summed E-state index contributed by atoms with van der Waals surface area (Å²) < 4.78 is 5.29. The van der Waals surface area contributed by atoms with E-state index in [0.29, 0.717) is 45.8 Å². The quantitative estimate of drug-likeness (QED) is 0.729. The fourth-order valence-electron chi connectivity index (χ4n) is 2.80. The first-order valence-electron chi connectivity index (χ1n) is 7.74. The van der Waals surface area contributed by atoms with Crippen LogP contribution in [0.1, 0.15) is 34.1 Å². The molecule has 1 aliphatic rings. The zero-order valence-corrected chi connectivity index (χ0v) is 13.6. The van der Waals surface area contributed by atoms with Gasteiger partial charge in [0, 0.05) is 32.8 Å². The highest BCUT2D eigenvalue weighted by atomic mass is 16.5. The van der Waals surface area contributed by atoms with E-state index in [1.54, 1.807) is 9.80 Å². The first-order chi connectivity index (χ1) is 9.89. The van der Waals surface area contributed by atoms with Crippen molar-refractivity contribution >= 4 is 12.0 Å². The van der Waals surface area contributed by atoms with E-state index in [1.165, 1.54) is 0 Å². The molecule has 0 aromatic heterocycles. The number of carboxylic acid groups (broad SMARTS) is 1. The number of carboxylic acids is 1. The number of hydrogen-bond donors (Lipinski definition) is 1. The molecule has 0 radical (unpaired) electrons. The Hall–Kier alpha value is -1.30. The van der Waals surface area contributed by atoms with Gasteiger partial charge in [0.15, 0.2) is 0 Å². The Balaban J connectivity index is 2.69. The maximum atomic E-state index is 12.5. The van der Waals surface area contributed by atoms with Crippen molar-refractivity contribution in [2.75, 3.05) is 39.4 Å². The van der Waals surface area contributed by atoms with Gasteiger partial charge in [0.1, 0.15) is 0 Å². The zero-order chi connectivity index (χ0) is 16.0. The van der Waals surface area contributed by atoms with E-state index in [1.807, 2.05) is 27.7 Å². The lowest BCUT2D eigenvalue weighted by molar-refractivity contribution is -0.150. The number of amides is 2. The van der Waals surface area contributed by atoms with Gasteiger partial charge in [-0.3, -0.25) is 4.79 Å². The molecule has 1 heterocycles. The van der Waals surface area contributed by atoms with Gasteiger partial charge in [-0.25, -0.2) is 4.79 Å². The minimum Gasteiger partial charge on any atom is -0.481 e. The van der Waals surface area contributed by atoms with Crippen LogP contribution in [0.2, 0.25) is 0 Å². The van der Waals surface area contributed by atoms with Crippen molar-refractivity contribution in [2.45, 2.75) is 34.1 Å². The van der Waals surface area contributed by atoms with Crippen LogP contribution in [0.4, 0.5) is 4.79 Å². The number of carbonyl (C=O) groups is 2. The van der Waals surface area contributed by atoms with E-state index in [-0.39, 0.29) is 11.9 Å². The van der Waals surface area contributed by atoms with Gasteiger partial charge in [-0.1, -0.05) is 13.8 Å². The van der Waals surface area contributed by atoms with Crippen molar-refractivity contribution in [3.05, 3.63) is 0 Å². The van der Waals surface area contributed by atoms with Crippen molar-refractivity contribution in [1.29, 1.82) is 0 Å². The fraction of sp³-hybridized carbons (Fsp3) is 0.867. The predicted molar refractivity (Wildman–Crippen MR) is 80.2 cm³/mol. The second kappa shape index (κ2) is 7.64. The van der Waals surface area contributed by atoms with E-state index in [0.717, 1.165) is 0 Å². The third-order valence-corrected chi connectivity index (χ3v) is 4.46. The molecule has 0 aliphatic carbocycles. The van der Waals surface area contributed by atoms with Gasteiger partial charge < -0.3 is 19.6 Å². The normalized spacial score (nSPS) is 21.9. The summed E-state index contributed by atoms with van der Waals surface area (Å²) in [6.07, 6.45) is 0.523. The Morgan fingerprint density at radius 2 is 2.05 bits per heavy atom. The lowest BCUT2D eigenvalue weighted by atomic mass is 9.76. The fourth-order valence-corrected chi connectivity index (χ4v) is 2.80. The Kier molecular flexibility index (Phi) is 6.45. The van der Waals surface area contributed by atoms with Crippen molar-refractivity contribution in [1.82, 2.24) is 9.80 Å². The molecule has 6 nitrogen and oxygen atoms in total. The van der Waals surface area contributed by atoms with Crippen LogP contribution in [-0.4, -0.2) is 66.3 Å². The number of nitrogens with zero attached hydrogens (tertiary/aromatic N) is 2. The number of likely N-dealkylation sites (N-methyl/N-ethyl adjacent to an activating group) is 1. The van der Waals surface area contributed by atoms with E-state index < -0.39 is 11.4 Å². The molecule has 1 aliphatic heterocycles. The highest BCUT2D eigenvalue weighted by Gasteiger charge is 2.48. The molecule has 0 spiro atoms. The molecule has 2 amide bonds. The minimum absolute atomic E-state index is 0.00583. The zero-order valence-electron chi connectivity index (χ0n) is 13.6. The second-order valence-electron chi connectivity index (χ2n) is 5.85. The summed E-state index contributed by atoms with van der Waals surface area (Å²) in [5.41, 5.74) is -0.811. The molecule has 1 saturated heterocycles. The Labute approximate surface area is 127 Å². The van der Waals surface area contributed by atoms with Crippen molar-refractivity contribution in [3.8, 4) is 0 Å². The molecule has 1 fully saturated rings. The van der Waals surface area contributed by atoms with Gasteiger partial charge in [0.2, 0.25) is 0 Å². The van der Waals surface area contributed by atoms with Crippen LogP contribution in [0.3, 0.4) is 0 Å². The molecule has 21 heavy (non-hydrogen) atoms. The number of rotatable bonds is 7. The van der Waals surface area contributed by atoms with Gasteiger partial charge in [-0.05, 0) is 26.2 Å². The van der Waals surface area contributed by atoms with Gasteiger partial charge in [-0.2, -0.15) is 0 Å². The third kappa shape index (κ3) is 3.87. The largest absolute Gasteiger partial charge is 0.481 e. The van der Waals surface area contributed by atoms with Gasteiger partial charge in [0.05, 0.1) is 12.0 Å². The molecule has 0 aromatic carbocycles. The lowest BCUT2D eigenvalue weighted by Gasteiger charge is -2.31. The molecule has 0 saturated carbocycles. The molecule has 1 N–H and O–H groups in total. The molecule has 0 bridgehead atoms. The highest BCUT2D eigenvalue weighted by Crippen LogP contribution is 2.38. The SMILES string of the molecule is CCOCCN(CC)C(=O)N1CCC(C(=O)O)(C(C)C)C1. The summed E-state index contributed by atoms with van der Waals surface area (Å²) in [6, 6.07) is -0.0824. The number of aliphatic carboxylic acids is 1. The van der Waals surface area contributed by atoms with Crippen LogP contribution < -0.4 is 0 Å². The van der Waals surface area contributed by atoms with Crippen LogP contribution in [-0.2, 0) is 9.53 Å². The maximum absolute atomic E-state index is 12.5. The van der Waals surface area contributed by atoms with Gasteiger partial charge >= 0.3 is 12.0 Å². The second-order valence-corrected chi connectivity index (χ2v) is 5.85. The van der Waals surface area contributed by atoms with Gasteiger partial charge in [0.25, 0.3) is 0 Å². The topological polar surface area (TPSA) is 70.1 Å². The molecular weight excluding hydrogens is 272 g/mol. The summed E-state index contributed by atoms with van der Waals surface area (Å²) in [5, 5.41) is 9.53. The number of hydrogen-bond acceptors (Lipinski definition) is 3. The summed E-state index contributed by atoms with van der Waals surface area (Å²) in [4.78, 5) is 27.5. The monoisotopic (exact) mass is 300 g/mol. The average molecular weight is 300 g/mol. The number of likely N-dealkylation sites (tertiary alicyclic amines) is 1. The van der Waals surface area contributed by atoms with Gasteiger partial charge in [-0.15, -0.1) is 0 Å². The van der Waals surface area contributed by atoms with E-state index >= 15 is 0 Å². The first kappa shape index (κ1) is 17.8. The van der Waals surface area contributed by atoms with Crippen LogP contribution in [0, 0.1) is 11.3 Å². The standard InChI is InChI=1S/C15H28N2O4/c1-5-16(9-10-21-6-2)14(20)17-8-7-15(11-17,12(3)4)13(18)19/h12H,5-11H2,1-4H3,(H,18,19). The van der Waals surface area contributed by atoms with Crippen LogP contribution >= 0.6 is 0 Å². The Morgan fingerprint density at radius 3 is 2.48 bits per heavy atom. The third-order valence-electron chi connectivity index (χ3n) is 4.46. The van der Waals surface area contributed by atoms with E-state index in [2.05, 4.69) is 0 Å². The summed E-state index contributed by atoms with van der Waals surface area (Å²) in [5.74, 6) is -0.795. The first-order valence-corrected chi connectivity index (χ1v) is 7.74. The molecule has 1 rings (SSSR count). The Bertz CT molecular complexity index is 373. The minimum atomic E-state index is -0.811. The molecule has 122 valence electrons. The van der Waals surface area contributed by atoms with Crippen molar-refractivity contribution < 1.29 is 19.4 Å². The number of carbonyl (C=O) groups excluding carboxylic acids is 1. The predicted octanol–water partition coefficient (Wildman–Crippen LogP) is 1.90. The van der Waals surface area contributed by atoms with Crippen LogP contribution in [0.5, 0.6) is 0 Å². The number of ether oxygens (including phenoxy) is 1. The van der Waals surface area contributed by atoms with Crippen molar-refractivity contribution in [2.24, 2.45) is 11.3 Å². The van der Waals surface area contributed by atoms with Crippen molar-refractivity contribution in [3.63, 3.8) is 0 Å². The highest BCUT2D eigenvalue weighted by molar-refractivity contribution is 5.80. The summed E-state index contributed by atoms with van der Waals surface area (Å²) in [6.45, 7) is 10.8. The summed E-state index contributed by atoms with van der Waals surface area (Å²) >= 11 is 0. The van der Waals surface area contributed by atoms with Crippen LogP contribution in [0.25, 0.3) is 0 Å². The van der Waals surface area contributed by atoms with Crippen LogP contribution in [0.15, 0.2) is 0 Å². The molecule has 1 atom stereocenters. The molecule has 0 aromatic rings.